The Labute approximate surface area is 190 Å². The van der Waals surface area contributed by atoms with Gasteiger partial charge in [0.05, 0.1) is 41.8 Å². The molecule has 1 atom stereocenters. The molecular weight excluding hydrogens is 446 g/mol. The summed E-state index contributed by atoms with van der Waals surface area (Å²) in [7, 11) is 0. The number of amides is 1. The lowest BCUT2D eigenvalue weighted by atomic mass is 9.99. The summed E-state index contributed by atoms with van der Waals surface area (Å²) in [6.07, 6.45) is -0.0788. The number of rotatable bonds is 3. The number of fused-ring (bicyclic) bond motifs is 6. The van der Waals surface area contributed by atoms with Crippen LogP contribution in [0.3, 0.4) is 0 Å². The number of hydrogen-bond acceptors (Lipinski definition) is 10. The Morgan fingerprint density at radius 2 is 2.03 bits per heavy atom. The van der Waals surface area contributed by atoms with Gasteiger partial charge in [-0.25, -0.2) is 15.2 Å². The molecular formula is C22H17N5O7. The lowest BCUT2D eigenvalue weighted by Crippen LogP contribution is -2.32. The van der Waals surface area contributed by atoms with E-state index in [1.807, 2.05) is 0 Å². The Morgan fingerprint density at radius 1 is 1.24 bits per heavy atom. The molecule has 4 N–H and O–H groups in total. The first-order valence-electron chi connectivity index (χ1n) is 10.4. The summed E-state index contributed by atoms with van der Waals surface area (Å²) in [4.78, 5) is 41.4. The predicted molar refractivity (Wildman–Crippen MR) is 116 cm³/mol. The number of pyridine rings is 2. The molecule has 3 aromatic rings. The van der Waals surface area contributed by atoms with Crippen molar-refractivity contribution in [2.45, 2.75) is 19.3 Å². The minimum atomic E-state index is -1.55. The van der Waals surface area contributed by atoms with Gasteiger partial charge in [-0.3, -0.25) is 9.59 Å². The van der Waals surface area contributed by atoms with Crippen LogP contribution in [0.2, 0.25) is 0 Å². The number of aromatic nitrogens is 2. The SMILES string of the molecule is NCC(=O)N/N=C/c1c2c(nc3cc4c(cc13)OCO4)-c1cc3c(c(=O)n1C2)COC(=O)[C@H]3O. The van der Waals surface area contributed by atoms with Crippen LogP contribution in [-0.2, 0) is 27.5 Å². The third-order valence-corrected chi connectivity index (χ3v) is 6.06. The maximum atomic E-state index is 13.2. The first kappa shape index (κ1) is 20.3. The Hall–Kier alpha value is -4.29. The maximum absolute atomic E-state index is 13.2. The van der Waals surface area contributed by atoms with Crippen LogP contribution in [0.15, 0.2) is 28.1 Å². The van der Waals surface area contributed by atoms with E-state index in [0.717, 1.165) is 0 Å². The van der Waals surface area contributed by atoms with Crippen molar-refractivity contribution in [2.24, 2.45) is 10.8 Å². The standard InChI is InChI=1S/C22H17N5O7/c23-4-18(28)26-24-5-11-9-2-16-17(34-8-33-16)3-14(9)25-19-12(11)6-27-15(19)1-10-13(21(27)30)7-32-22(31)20(10)29/h1-3,5,20,29H,4,6-8,23H2,(H,26,28)/b24-5+/t20-/m0/s1. The van der Waals surface area contributed by atoms with Gasteiger partial charge in [0.2, 0.25) is 6.79 Å². The van der Waals surface area contributed by atoms with Gasteiger partial charge in [0.1, 0.15) is 6.61 Å². The van der Waals surface area contributed by atoms with E-state index >= 15 is 0 Å². The molecule has 0 spiro atoms. The summed E-state index contributed by atoms with van der Waals surface area (Å²) in [6.45, 7) is -0.179. The number of nitrogens with two attached hydrogens (primary N) is 1. The number of aliphatic hydroxyl groups is 1. The van der Waals surface area contributed by atoms with Crippen LogP contribution < -0.4 is 26.2 Å². The summed E-state index contributed by atoms with van der Waals surface area (Å²) < 4.78 is 17.4. The van der Waals surface area contributed by atoms with E-state index < -0.39 is 18.0 Å². The summed E-state index contributed by atoms with van der Waals surface area (Å²) in [5, 5.41) is 15.0. The Morgan fingerprint density at radius 3 is 2.82 bits per heavy atom. The van der Waals surface area contributed by atoms with Crippen LogP contribution in [0.25, 0.3) is 22.3 Å². The van der Waals surface area contributed by atoms with E-state index in [1.54, 1.807) is 18.2 Å². The molecule has 0 bridgehead atoms. The molecule has 1 amide bonds. The first-order valence-corrected chi connectivity index (χ1v) is 10.4. The van der Waals surface area contributed by atoms with Gasteiger partial charge in [0.15, 0.2) is 17.6 Å². The molecule has 6 rings (SSSR count). The second-order valence-electron chi connectivity index (χ2n) is 7.94. The second kappa shape index (κ2) is 7.37. The van der Waals surface area contributed by atoms with Crippen LogP contribution in [0.1, 0.15) is 28.4 Å². The summed E-state index contributed by atoms with van der Waals surface area (Å²) >= 11 is 0. The topological polar surface area (TPSA) is 167 Å². The number of carbonyl (C=O) groups excluding carboxylic acids is 2. The van der Waals surface area contributed by atoms with Crippen molar-refractivity contribution in [1.82, 2.24) is 15.0 Å². The summed E-state index contributed by atoms with van der Waals surface area (Å²) in [5.41, 5.74) is 10.5. The monoisotopic (exact) mass is 463 g/mol. The van der Waals surface area contributed by atoms with Gasteiger partial charge >= 0.3 is 5.97 Å². The largest absolute Gasteiger partial charge is 0.458 e. The molecule has 1 aromatic carbocycles. The van der Waals surface area contributed by atoms with Crippen molar-refractivity contribution in [1.29, 1.82) is 0 Å². The molecule has 172 valence electrons. The minimum absolute atomic E-state index is 0.0830. The molecule has 12 nitrogen and oxygen atoms in total. The highest BCUT2D eigenvalue weighted by atomic mass is 16.7. The number of hydrogen-bond donors (Lipinski definition) is 3. The number of benzene rings is 1. The first-order chi connectivity index (χ1) is 16.5. The van der Waals surface area contributed by atoms with Gasteiger partial charge in [-0.05, 0) is 12.1 Å². The lowest BCUT2D eigenvalue weighted by Gasteiger charge is -2.21. The van der Waals surface area contributed by atoms with E-state index in [2.05, 4.69) is 10.5 Å². The fourth-order valence-corrected chi connectivity index (χ4v) is 4.41. The van der Waals surface area contributed by atoms with Gasteiger partial charge in [-0.15, -0.1) is 0 Å². The van der Waals surface area contributed by atoms with Crippen LogP contribution in [0.5, 0.6) is 11.5 Å². The molecule has 0 saturated heterocycles. The highest BCUT2D eigenvalue weighted by Gasteiger charge is 2.34. The molecule has 0 unspecified atom stereocenters. The Bertz CT molecular complexity index is 1510. The highest BCUT2D eigenvalue weighted by molar-refractivity contribution is 6.03. The van der Waals surface area contributed by atoms with Crippen molar-refractivity contribution in [3.63, 3.8) is 0 Å². The average Bonchev–Trinajstić information content (AvgIpc) is 3.44. The third kappa shape index (κ3) is 2.89. The molecule has 0 saturated carbocycles. The molecule has 12 heteroatoms. The zero-order valence-corrected chi connectivity index (χ0v) is 17.5. The average molecular weight is 463 g/mol. The molecule has 3 aliphatic heterocycles. The van der Waals surface area contributed by atoms with Gasteiger partial charge in [-0.2, -0.15) is 5.10 Å². The molecule has 0 aliphatic carbocycles. The van der Waals surface area contributed by atoms with Gasteiger partial charge < -0.3 is 29.6 Å². The number of hydrazone groups is 1. The smallest absolute Gasteiger partial charge is 0.340 e. The number of ether oxygens (including phenoxy) is 3. The summed E-state index contributed by atoms with van der Waals surface area (Å²) in [5.74, 6) is -0.206. The maximum Gasteiger partial charge on any atom is 0.340 e. The van der Waals surface area contributed by atoms with Crippen LogP contribution in [0.4, 0.5) is 0 Å². The van der Waals surface area contributed by atoms with Crippen LogP contribution in [-0.4, -0.2) is 46.1 Å². The minimum Gasteiger partial charge on any atom is -0.458 e. The van der Waals surface area contributed by atoms with Crippen LogP contribution >= 0.6 is 0 Å². The lowest BCUT2D eigenvalue weighted by molar-refractivity contribution is -0.157. The van der Waals surface area contributed by atoms with Crippen LogP contribution in [0, 0.1) is 0 Å². The van der Waals surface area contributed by atoms with E-state index in [1.165, 1.54) is 10.8 Å². The van der Waals surface area contributed by atoms with Crippen molar-refractivity contribution >= 4 is 29.0 Å². The van der Waals surface area contributed by atoms with Gasteiger partial charge in [0.25, 0.3) is 11.5 Å². The molecule has 5 heterocycles. The van der Waals surface area contributed by atoms with Gasteiger partial charge in [-0.1, -0.05) is 0 Å². The van der Waals surface area contributed by atoms with Crippen molar-refractivity contribution in [3.8, 4) is 22.9 Å². The number of esters is 1. The molecule has 0 fully saturated rings. The van der Waals surface area contributed by atoms with Crippen molar-refractivity contribution < 1.29 is 28.9 Å². The van der Waals surface area contributed by atoms with Crippen molar-refractivity contribution in [2.75, 3.05) is 13.3 Å². The molecule has 34 heavy (non-hydrogen) atoms. The highest BCUT2D eigenvalue weighted by Crippen LogP contribution is 2.41. The molecule has 3 aliphatic rings. The number of nitrogens with zero attached hydrogens (tertiary/aromatic N) is 3. The normalized spacial score (nSPS) is 17.5. The molecule has 0 radical (unpaired) electrons. The fourth-order valence-electron chi connectivity index (χ4n) is 4.41. The molecule has 2 aromatic heterocycles. The Kier molecular flexibility index (Phi) is 4.40. The van der Waals surface area contributed by atoms with E-state index in [9.17, 15) is 19.5 Å². The fraction of sp³-hybridized carbons (Fsp3) is 0.227. The zero-order valence-electron chi connectivity index (χ0n) is 17.5. The number of nitrogens with one attached hydrogen (secondary N) is 1. The second-order valence-corrected chi connectivity index (χ2v) is 7.94. The third-order valence-electron chi connectivity index (χ3n) is 6.06. The predicted octanol–water partition coefficient (Wildman–Crippen LogP) is -0.347. The zero-order chi connectivity index (χ0) is 23.6. The van der Waals surface area contributed by atoms with Gasteiger partial charge in [0, 0.05) is 28.1 Å². The van der Waals surface area contributed by atoms with E-state index in [4.69, 9.17) is 24.9 Å². The summed E-state index contributed by atoms with van der Waals surface area (Å²) in [6, 6.07) is 5.08. The number of carbonyl (C=O) groups is 2. The number of cyclic esters (lactones) is 1. The van der Waals surface area contributed by atoms with E-state index in [-0.39, 0.29) is 43.2 Å². The van der Waals surface area contributed by atoms with Crippen molar-refractivity contribution in [3.05, 3.63) is 50.8 Å². The van der Waals surface area contributed by atoms with E-state index in [0.29, 0.717) is 44.9 Å². The quantitative estimate of drug-likeness (QED) is 0.209. The Balaban J connectivity index is 1.59. The number of aliphatic hydroxyl groups excluding tert-OH is 1.